The molecule has 6 heteroatoms. The minimum absolute atomic E-state index is 0.0954. The third kappa shape index (κ3) is 13.5. The maximum atomic E-state index is 11.8. The van der Waals surface area contributed by atoms with Crippen LogP contribution in [0.15, 0.2) is 24.3 Å². The molecule has 0 bridgehead atoms. The Bertz CT molecular complexity index is 668. The number of ether oxygens (including phenoxy) is 3. The van der Waals surface area contributed by atoms with E-state index in [0.717, 1.165) is 50.8 Å². The number of nitrogens with one attached hydrogen (secondary N) is 1. The summed E-state index contributed by atoms with van der Waals surface area (Å²) in [5.74, 6) is -0.425. The zero-order valence-corrected chi connectivity index (χ0v) is 20.7. The third-order valence-corrected chi connectivity index (χ3v) is 4.99. The van der Waals surface area contributed by atoms with Gasteiger partial charge in [-0.2, -0.15) is 0 Å². The van der Waals surface area contributed by atoms with Gasteiger partial charge in [-0.25, -0.2) is 4.79 Å². The van der Waals surface area contributed by atoms with Crippen molar-refractivity contribution in [2.45, 2.75) is 90.8 Å². The molecule has 1 aromatic carbocycles. The van der Waals surface area contributed by atoms with Crippen molar-refractivity contribution < 1.29 is 23.8 Å². The van der Waals surface area contributed by atoms with Crippen LogP contribution in [0, 0.1) is 0 Å². The number of carbonyl (C=O) groups is 2. The fourth-order valence-electron chi connectivity index (χ4n) is 3.47. The molecule has 0 fully saturated rings. The SMILES string of the molecule is CCOC(Cc1cccc(CCNCCCCCCCC(=O)OC(C)(C)C)c1)C(=O)OC. The first kappa shape index (κ1) is 28.1. The zero-order chi connectivity index (χ0) is 23.8. The molecule has 1 aromatic rings. The fraction of sp³-hybridized carbons (Fsp3) is 0.692. The van der Waals surface area contributed by atoms with E-state index in [1.54, 1.807) is 0 Å². The summed E-state index contributed by atoms with van der Waals surface area (Å²) in [4.78, 5) is 23.5. The van der Waals surface area contributed by atoms with Gasteiger partial charge in [-0.3, -0.25) is 4.79 Å². The van der Waals surface area contributed by atoms with Gasteiger partial charge < -0.3 is 19.5 Å². The average Bonchev–Trinajstić information content (AvgIpc) is 2.73. The summed E-state index contributed by atoms with van der Waals surface area (Å²) in [5, 5.41) is 3.50. The Hall–Kier alpha value is -1.92. The second-order valence-corrected chi connectivity index (χ2v) is 9.10. The number of hydrogen-bond donors (Lipinski definition) is 1. The van der Waals surface area contributed by atoms with Crippen LogP contribution in [0.3, 0.4) is 0 Å². The van der Waals surface area contributed by atoms with Crippen LogP contribution < -0.4 is 5.32 Å². The Morgan fingerprint density at radius 3 is 2.38 bits per heavy atom. The van der Waals surface area contributed by atoms with Crippen molar-refractivity contribution in [1.29, 1.82) is 0 Å². The first-order valence-electron chi connectivity index (χ1n) is 11.9. The molecule has 1 atom stereocenters. The summed E-state index contributed by atoms with van der Waals surface area (Å²) in [7, 11) is 1.39. The lowest BCUT2D eigenvalue weighted by Crippen LogP contribution is -2.28. The molecule has 0 aliphatic carbocycles. The Labute approximate surface area is 194 Å². The van der Waals surface area contributed by atoms with Gasteiger partial charge in [-0.15, -0.1) is 0 Å². The van der Waals surface area contributed by atoms with Crippen molar-refractivity contribution in [3.63, 3.8) is 0 Å². The predicted molar refractivity (Wildman–Crippen MR) is 128 cm³/mol. The van der Waals surface area contributed by atoms with Crippen molar-refractivity contribution in [2.75, 3.05) is 26.8 Å². The van der Waals surface area contributed by atoms with Crippen LogP contribution in [0.5, 0.6) is 0 Å². The minimum atomic E-state index is -0.553. The molecule has 0 amide bonds. The van der Waals surface area contributed by atoms with Gasteiger partial charge in [-0.1, -0.05) is 43.5 Å². The van der Waals surface area contributed by atoms with Crippen LogP contribution in [0.4, 0.5) is 0 Å². The van der Waals surface area contributed by atoms with Crippen LogP contribution in [0.2, 0.25) is 0 Å². The molecule has 1 N–H and O–H groups in total. The Morgan fingerprint density at radius 2 is 1.69 bits per heavy atom. The highest BCUT2D eigenvalue weighted by Gasteiger charge is 2.20. The summed E-state index contributed by atoms with van der Waals surface area (Å²) < 4.78 is 15.7. The first-order chi connectivity index (χ1) is 15.2. The number of carbonyl (C=O) groups excluding carboxylic acids is 2. The third-order valence-electron chi connectivity index (χ3n) is 4.99. The van der Waals surface area contributed by atoms with Crippen molar-refractivity contribution in [2.24, 2.45) is 0 Å². The van der Waals surface area contributed by atoms with Gasteiger partial charge in [0.1, 0.15) is 5.60 Å². The lowest BCUT2D eigenvalue weighted by Gasteiger charge is -2.19. The quantitative estimate of drug-likeness (QED) is 0.293. The summed E-state index contributed by atoms with van der Waals surface area (Å²) in [6.07, 6.45) is 6.86. The molecule has 1 unspecified atom stereocenters. The molecule has 0 saturated carbocycles. The van der Waals surface area contributed by atoms with Gasteiger partial charge in [0.15, 0.2) is 6.10 Å². The lowest BCUT2D eigenvalue weighted by atomic mass is 10.0. The molecule has 0 aliphatic heterocycles. The van der Waals surface area contributed by atoms with Crippen LogP contribution in [-0.2, 0) is 36.6 Å². The van der Waals surface area contributed by atoms with Crippen LogP contribution in [0.1, 0.15) is 77.3 Å². The summed E-state index contributed by atoms with van der Waals surface area (Å²) in [5.41, 5.74) is 1.94. The molecule has 0 radical (unpaired) electrons. The van der Waals surface area contributed by atoms with Gasteiger partial charge in [0, 0.05) is 19.4 Å². The van der Waals surface area contributed by atoms with Crippen molar-refractivity contribution in [3.8, 4) is 0 Å². The highest BCUT2D eigenvalue weighted by atomic mass is 16.6. The van der Waals surface area contributed by atoms with E-state index in [0.29, 0.717) is 19.4 Å². The Morgan fingerprint density at radius 1 is 1.00 bits per heavy atom. The molecule has 0 aliphatic rings. The maximum Gasteiger partial charge on any atom is 0.335 e. The van der Waals surface area contributed by atoms with Crippen LogP contribution >= 0.6 is 0 Å². The second-order valence-electron chi connectivity index (χ2n) is 9.10. The van der Waals surface area contributed by atoms with Crippen LogP contribution in [-0.4, -0.2) is 50.4 Å². The number of benzene rings is 1. The van der Waals surface area contributed by atoms with Crippen molar-refractivity contribution in [3.05, 3.63) is 35.4 Å². The molecule has 0 aromatic heterocycles. The maximum absolute atomic E-state index is 11.8. The van der Waals surface area contributed by atoms with E-state index in [2.05, 4.69) is 17.4 Å². The van der Waals surface area contributed by atoms with E-state index in [4.69, 9.17) is 14.2 Å². The number of rotatable bonds is 16. The van der Waals surface area contributed by atoms with E-state index >= 15 is 0 Å². The van der Waals surface area contributed by atoms with E-state index in [1.807, 2.05) is 39.8 Å². The molecule has 6 nitrogen and oxygen atoms in total. The van der Waals surface area contributed by atoms with E-state index in [-0.39, 0.29) is 17.5 Å². The molecule has 0 heterocycles. The molecule has 0 spiro atoms. The standard InChI is InChI=1S/C26H43NO5/c1-6-31-23(25(29)30-5)20-22-14-12-13-21(19-22)16-18-27-17-11-9-7-8-10-15-24(28)32-26(2,3)4/h12-14,19,23,27H,6-11,15-18,20H2,1-5H3. The fourth-order valence-corrected chi connectivity index (χ4v) is 3.47. The zero-order valence-electron chi connectivity index (χ0n) is 20.7. The topological polar surface area (TPSA) is 73.9 Å². The summed E-state index contributed by atoms with van der Waals surface area (Å²) in [6, 6.07) is 8.31. The number of esters is 2. The Kier molecular flexibility index (Phi) is 13.9. The first-order valence-corrected chi connectivity index (χ1v) is 11.9. The molecule has 1 rings (SSSR count). The van der Waals surface area contributed by atoms with E-state index in [9.17, 15) is 9.59 Å². The van der Waals surface area contributed by atoms with E-state index in [1.165, 1.54) is 19.1 Å². The monoisotopic (exact) mass is 449 g/mol. The Balaban J connectivity index is 2.15. The number of hydrogen-bond acceptors (Lipinski definition) is 6. The summed E-state index contributed by atoms with van der Waals surface area (Å²) in [6.45, 7) is 9.98. The number of methoxy groups -OCH3 is 1. The average molecular weight is 450 g/mol. The van der Waals surface area contributed by atoms with Gasteiger partial charge in [-0.05, 0) is 71.2 Å². The number of unbranched alkanes of at least 4 members (excludes halogenated alkanes) is 4. The molecule has 0 saturated heterocycles. The molecular weight excluding hydrogens is 406 g/mol. The second kappa shape index (κ2) is 15.8. The highest BCUT2D eigenvalue weighted by Crippen LogP contribution is 2.13. The van der Waals surface area contributed by atoms with Gasteiger partial charge in [0.05, 0.1) is 7.11 Å². The molecule has 32 heavy (non-hydrogen) atoms. The van der Waals surface area contributed by atoms with E-state index < -0.39 is 6.10 Å². The van der Waals surface area contributed by atoms with Crippen LogP contribution in [0.25, 0.3) is 0 Å². The molecule has 182 valence electrons. The predicted octanol–water partition coefficient (Wildman–Crippen LogP) is 4.62. The summed E-state index contributed by atoms with van der Waals surface area (Å²) >= 11 is 0. The smallest absolute Gasteiger partial charge is 0.335 e. The largest absolute Gasteiger partial charge is 0.467 e. The lowest BCUT2D eigenvalue weighted by molar-refractivity contribution is -0.155. The van der Waals surface area contributed by atoms with Gasteiger partial charge in [0.2, 0.25) is 0 Å². The minimum Gasteiger partial charge on any atom is -0.467 e. The van der Waals surface area contributed by atoms with Gasteiger partial charge >= 0.3 is 11.9 Å². The van der Waals surface area contributed by atoms with Crippen molar-refractivity contribution >= 4 is 11.9 Å². The van der Waals surface area contributed by atoms with Gasteiger partial charge in [0.25, 0.3) is 0 Å². The normalized spacial score (nSPS) is 12.4. The molecular formula is C26H43NO5. The highest BCUT2D eigenvalue weighted by molar-refractivity contribution is 5.75. The van der Waals surface area contributed by atoms with Crippen molar-refractivity contribution in [1.82, 2.24) is 5.32 Å².